The van der Waals surface area contributed by atoms with Gasteiger partial charge in [0, 0.05) is 24.4 Å². The van der Waals surface area contributed by atoms with Gasteiger partial charge in [-0.25, -0.2) is 4.98 Å². The number of nitrogens with zero attached hydrogens (tertiary/aromatic N) is 3. The van der Waals surface area contributed by atoms with Gasteiger partial charge in [-0.15, -0.1) is 0 Å². The molecule has 0 aliphatic rings. The van der Waals surface area contributed by atoms with Crippen molar-refractivity contribution in [3.63, 3.8) is 0 Å². The summed E-state index contributed by atoms with van der Waals surface area (Å²) < 4.78 is 7.16. The smallest absolute Gasteiger partial charge is 0.156 e. The predicted octanol–water partition coefficient (Wildman–Crippen LogP) is 0.729. The second-order valence-electron chi connectivity index (χ2n) is 3.49. The standard InChI is InChI=1S/C10H14N4O/c1-8-4-10(15-13-8)6-14-7-12-5-9(14)2-3-11/h4-5,7H,2-3,6,11H2,1H3. The summed E-state index contributed by atoms with van der Waals surface area (Å²) in [5.74, 6) is 0.837. The van der Waals surface area contributed by atoms with Crippen LogP contribution in [-0.4, -0.2) is 21.3 Å². The van der Waals surface area contributed by atoms with Gasteiger partial charge in [-0.1, -0.05) is 5.16 Å². The molecule has 0 bridgehead atoms. The molecule has 2 aromatic heterocycles. The lowest BCUT2D eigenvalue weighted by molar-refractivity contribution is 0.371. The second-order valence-corrected chi connectivity index (χ2v) is 3.49. The molecule has 5 heteroatoms. The Balaban J connectivity index is 2.13. The third-order valence-corrected chi connectivity index (χ3v) is 2.20. The largest absolute Gasteiger partial charge is 0.359 e. The van der Waals surface area contributed by atoms with E-state index in [-0.39, 0.29) is 0 Å². The van der Waals surface area contributed by atoms with Crippen LogP contribution in [0.3, 0.4) is 0 Å². The van der Waals surface area contributed by atoms with Crippen LogP contribution >= 0.6 is 0 Å². The van der Waals surface area contributed by atoms with E-state index in [4.69, 9.17) is 10.3 Å². The van der Waals surface area contributed by atoms with E-state index in [1.54, 1.807) is 6.33 Å². The summed E-state index contributed by atoms with van der Waals surface area (Å²) in [6.07, 6.45) is 4.44. The molecule has 0 unspecified atom stereocenters. The molecule has 0 radical (unpaired) electrons. The molecule has 0 amide bonds. The fourth-order valence-electron chi connectivity index (χ4n) is 1.51. The Morgan fingerprint density at radius 3 is 3.07 bits per heavy atom. The van der Waals surface area contributed by atoms with E-state index in [1.807, 2.05) is 23.8 Å². The minimum absolute atomic E-state index is 0.626. The van der Waals surface area contributed by atoms with Gasteiger partial charge in [0.1, 0.15) is 0 Å². The van der Waals surface area contributed by atoms with Gasteiger partial charge in [0.05, 0.1) is 18.6 Å². The molecule has 0 saturated carbocycles. The Bertz CT molecular complexity index is 432. The number of nitrogens with two attached hydrogens (primary N) is 1. The van der Waals surface area contributed by atoms with E-state index in [1.165, 1.54) is 0 Å². The van der Waals surface area contributed by atoms with E-state index in [0.717, 1.165) is 23.6 Å². The van der Waals surface area contributed by atoms with Crippen LogP contribution in [0.4, 0.5) is 0 Å². The maximum Gasteiger partial charge on any atom is 0.156 e. The highest BCUT2D eigenvalue weighted by atomic mass is 16.5. The van der Waals surface area contributed by atoms with Gasteiger partial charge in [-0.05, 0) is 13.5 Å². The monoisotopic (exact) mass is 206 g/mol. The molecule has 0 saturated heterocycles. The second kappa shape index (κ2) is 4.27. The lowest BCUT2D eigenvalue weighted by atomic mass is 10.3. The average Bonchev–Trinajstić information content (AvgIpc) is 2.78. The molecule has 0 aliphatic carbocycles. The predicted molar refractivity (Wildman–Crippen MR) is 55.3 cm³/mol. The summed E-state index contributed by atoms with van der Waals surface area (Å²) in [6, 6.07) is 1.92. The highest BCUT2D eigenvalue weighted by Crippen LogP contribution is 2.07. The van der Waals surface area contributed by atoms with Crippen molar-refractivity contribution < 1.29 is 4.52 Å². The number of hydrogen-bond acceptors (Lipinski definition) is 4. The van der Waals surface area contributed by atoms with E-state index >= 15 is 0 Å². The molecule has 0 aliphatic heterocycles. The van der Waals surface area contributed by atoms with Gasteiger partial charge in [0.2, 0.25) is 0 Å². The van der Waals surface area contributed by atoms with Crippen molar-refractivity contribution in [1.82, 2.24) is 14.7 Å². The first kappa shape index (κ1) is 9.92. The zero-order valence-corrected chi connectivity index (χ0v) is 8.68. The highest BCUT2D eigenvalue weighted by Gasteiger charge is 2.05. The van der Waals surface area contributed by atoms with E-state index in [9.17, 15) is 0 Å². The van der Waals surface area contributed by atoms with Gasteiger partial charge in [0.15, 0.2) is 5.76 Å². The topological polar surface area (TPSA) is 69.9 Å². The van der Waals surface area contributed by atoms with Gasteiger partial charge in [-0.3, -0.25) is 0 Å². The first-order valence-electron chi connectivity index (χ1n) is 4.91. The van der Waals surface area contributed by atoms with E-state index < -0.39 is 0 Å². The highest BCUT2D eigenvalue weighted by molar-refractivity contribution is 5.07. The first-order chi connectivity index (χ1) is 7.29. The maximum absolute atomic E-state index is 5.51. The van der Waals surface area contributed by atoms with Crippen LogP contribution in [0.1, 0.15) is 17.1 Å². The minimum Gasteiger partial charge on any atom is -0.359 e. The van der Waals surface area contributed by atoms with Gasteiger partial charge < -0.3 is 14.8 Å². The molecule has 0 fully saturated rings. The summed E-state index contributed by atoms with van der Waals surface area (Å²) in [5, 5.41) is 3.84. The van der Waals surface area contributed by atoms with Crippen molar-refractivity contribution in [2.24, 2.45) is 5.73 Å². The number of rotatable bonds is 4. The molecule has 2 N–H and O–H groups in total. The molecule has 0 atom stereocenters. The molecule has 2 heterocycles. The Hall–Kier alpha value is -1.62. The third-order valence-electron chi connectivity index (χ3n) is 2.20. The van der Waals surface area contributed by atoms with E-state index in [0.29, 0.717) is 13.1 Å². The van der Waals surface area contributed by atoms with Crippen LogP contribution in [-0.2, 0) is 13.0 Å². The van der Waals surface area contributed by atoms with Crippen molar-refractivity contribution in [3.8, 4) is 0 Å². The Labute approximate surface area is 87.9 Å². The molecular formula is C10H14N4O. The van der Waals surface area contributed by atoms with Crippen molar-refractivity contribution in [2.45, 2.75) is 19.9 Å². The van der Waals surface area contributed by atoms with Crippen LogP contribution in [0.15, 0.2) is 23.1 Å². The summed E-state index contributed by atoms with van der Waals surface area (Å²) in [5.41, 5.74) is 7.52. The molecule has 0 spiro atoms. The Morgan fingerprint density at radius 1 is 1.53 bits per heavy atom. The minimum atomic E-state index is 0.626. The summed E-state index contributed by atoms with van der Waals surface area (Å²) >= 11 is 0. The molecule has 80 valence electrons. The third kappa shape index (κ3) is 2.24. The van der Waals surface area contributed by atoms with Gasteiger partial charge in [0.25, 0.3) is 0 Å². The van der Waals surface area contributed by atoms with Crippen molar-refractivity contribution in [2.75, 3.05) is 6.54 Å². The summed E-state index contributed by atoms with van der Waals surface area (Å²) in [6.45, 7) is 3.19. The maximum atomic E-state index is 5.51. The number of aryl methyl sites for hydroxylation is 1. The van der Waals surface area contributed by atoms with Crippen LogP contribution < -0.4 is 5.73 Å². The molecule has 15 heavy (non-hydrogen) atoms. The lowest BCUT2D eigenvalue weighted by Crippen LogP contribution is -2.08. The summed E-state index contributed by atoms with van der Waals surface area (Å²) in [4.78, 5) is 4.09. The molecule has 5 nitrogen and oxygen atoms in total. The fourth-order valence-corrected chi connectivity index (χ4v) is 1.51. The van der Waals surface area contributed by atoms with Crippen LogP contribution in [0.2, 0.25) is 0 Å². The fraction of sp³-hybridized carbons (Fsp3) is 0.400. The number of hydrogen-bond donors (Lipinski definition) is 1. The van der Waals surface area contributed by atoms with Crippen molar-refractivity contribution in [1.29, 1.82) is 0 Å². The molecular weight excluding hydrogens is 192 g/mol. The first-order valence-corrected chi connectivity index (χ1v) is 4.91. The number of imidazole rings is 1. The average molecular weight is 206 g/mol. The van der Waals surface area contributed by atoms with E-state index in [2.05, 4.69) is 10.1 Å². The van der Waals surface area contributed by atoms with Gasteiger partial charge in [-0.2, -0.15) is 0 Å². The Kier molecular flexibility index (Phi) is 2.82. The van der Waals surface area contributed by atoms with Crippen LogP contribution in [0, 0.1) is 6.92 Å². The molecule has 2 aromatic rings. The Morgan fingerprint density at radius 2 is 2.40 bits per heavy atom. The van der Waals surface area contributed by atoms with Crippen LogP contribution in [0.5, 0.6) is 0 Å². The van der Waals surface area contributed by atoms with Crippen molar-refractivity contribution in [3.05, 3.63) is 35.7 Å². The van der Waals surface area contributed by atoms with Crippen LogP contribution in [0.25, 0.3) is 0 Å². The van der Waals surface area contributed by atoms with Crippen molar-refractivity contribution >= 4 is 0 Å². The van der Waals surface area contributed by atoms with Gasteiger partial charge >= 0.3 is 0 Å². The summed E-state index contributed by atoms with van der Waals surface area (Å²) in [7, 11) is 0. The molecule has 2 rings (SSSR count). The number of aromatic nitrogens is 3. The zero-order valence-electron chi connectivity index (χ0n) is 8.68. The normalized spacial score (nSPS) is 10.8. The zero-order chi connectivity index (χ0) is 10.7. The quantitative estimate of drug-likeness (QED) is 0.800. The molecule has 0 aromatic carbocycles. The lowest BCUT2D eigenvalue weighted by Gasteiger charge is -2.03. The SMILES string of the molecule is Cc1cc(Cn2cncc2CCN)on1.